The molecule has 1 aliphatic rings. The van der Waals surface area contributed by atoms with E-state index in [-0.39, 0.29) is 17.4 Å². The number of H-pyrrole nitrogens is 1. The standard InChI is InChI=1S/C16H16FN3O3/c1-19-9-12(14(21)18-16(19)23)15(22)20-8-2-3-13(20)10-4-6-11(17)7-5-10/h4-7,9,13H,2-3,8H2,1H3,(H,18,21,23)/t13-/m1/s1. The Morgan fingerprint density at radius 3 is 2.65 bits per heavy atom. The third-order valence-electron chi connectivity index (χ3n) is 4.11. The molecule has 2 heterocycles. The second-order valence-corrected chi connectivity index (χ2v) is 5.62. The molecule has 1 saturated heterocycles. The molecule has 7 heteroatoms. The maximum atomic E-state index is 13.1. The van der Waals surface area contributed by atoms with Crippen molar-refractivity contribution in [3.05, 3.63) is 68.2 Å². The summed E-state index contributed by atoms with van der Waals surface area (Å²) in [5.74, 6) is -0.757. The first-order valence-electron chi connectivity index (χ1n) is 7.34. The summed E-state index contributed by atoms with van der Waals surface area (Å²) in [7, 11) is 1.47. The molecule has 0 spiro atoms. The Kier molecular flexibility index (Phi) is 3.85. The van der Waals surface area contributed by atoms with Gasteiger partial charge in [-0.05, 0) is 30.5 Å². The van der Waals surface area contributed by atoms with Crippen LogP contribution in [0, 0.1) is 5.82 Å². The van der Waals surface area contributed by atoms with Gasteiger partial charge in [-0.25, -0.2) is 9.18 Å². The summed E-state index contributed by atoms with van der Waals surface area (Å²) >= 11 is 0. The number of halogens is 1. The Labute approximate surface area is 131 Å². The van der Waals surface area contributed by atoms with Crippen LogP contribution >= 0.6 is 0 Å². The molecular weight excluding hydrogens is 301 g/mol. The van der Waals surface area contributed by atoms with Crippen LogP contribution in [-0.4, -0.2) is 26.9 Å². The maximum Gasteiger partial charge on any atom is 0.328 e. The first-order chi connectivity index (χ1) is 11.0. The van der Waals surface area contributed by atoms with E-state index in [4.69, 9.17) is 0 Å². The number of hydrogen-bond acceptors (Lipinski definition) is 3. The molecule has 0 unspecified atom stereocenters. The number of aryl methyl sites for hydroxylation is 1. The van der Waals surface area contributed by atoms with Gasteiger partial charge in [0.05, 0.1) is 6.04 Å². The molecule has 0 radical (unpaired) electrons. The zero-order valence-electron chi connectivity index (χ0n) is 12.6. The molecule has 6 nitrogen and oxygen atoms in total. The predicted octanol–water partition coefficient (Wildman–Crippen LogP) is 1.19. The van der Waals surface area contributed by atoms with E-state index in [1.165, 1.54) is 25.4 Å². The average molecular weight is 317 g/mol. The molecule has 1 N–H and O–H groups in total. The number of rotatable bonds is 2. The van der Waals surface area contributed by atoms with E-state index in [0.29, 0.717) is 6.54 Å². The van der Waals surface area contributed by atoms with Crippen molar-refractivity contribution in [2.24, 2.45) is 7.05 Å². The molecule has 1 aliphatic heterocycles. The van der Waals surface area contributed by atoms with E-state index in [2.05, 4.69) is 4.98 Å². The van der Waals surface area contributed by atoms with Crippen molar-refractivity contribution in [3.8, 4) is 0 Å². The lowest BCUT2D eigenvalue weighted by Crippen LogP contribution is -2.38. The van der Waals surface area contributed by atoms with Gasteiger partial charge in [-0.1, -0.05) is 12.1 Å². The SMILES string of the molecule is Cn1cc(C(=O)N2CCC[C@@H]2c2ccc(F)cc2)c(=O)[nH]c1=O. The Balaban J connectivity index is 1.95. The molecule has 1 aromatic heterocycles. The number of nitrogens with zero attached hydrogens (tertiary/aromatic N) is 2. The van der Waals surface area contributed by atoms with Crippen LogP contribution in [0.2, 0.25) is 0 Å². The van der Waals surface area contributed by atoms with E-state index in [9.17, 15) is 18.8 Å². The molecule has 3 rings (SSSR count). The molecule has 1 fully saturated rings. The summed E-state index contributed by atoms with van der Waals surface area (Å²) in [5.41, 5.74) is -0.495. The largest absolute Gasteiger partial charge is 0.331 e. The number of aromatic nitrogens is 2. The lowest BCUT2D eigenvalue weighted by atomic mass is 10.0. The topological polar surface area (TPSA) is 75.2 Å². The number of carbonyl (C=O) groups is 1. The minimum absolute atomic E-state index is 0.0684. The van der Waals surface area contributed by atoms with Crippen molar-refractivity contribution in [3.63, 3.8) is 0 Å². The highest BCUT2D eigenvalue weighted by molar-refractivity contribution is 5.94. The van der Waals surface area contributed by atoms with E-state index >= 15 is 0 Å². The summed E-state index contributed by atoms with van der Waals surface area (Å²) < 4.78 is 14.2. The first kappa shape index (κ1) is 15.2. The van der Waals surface area contributed by atoms with Crippen molar-refractivity contribution in [1.82, 2.24) is 14.5 Å². The molecule has 2 aromatic rings. The van der Waals surface area contributed by atoms with Crippen molar-refractivity contribution < 1.29 is 9.18 Å². The van der Waals surface area contributed by atoms with Gasteiger partial charge in [-0.2, -0.15) is 0 Å². The second kappa shape index (κ2) is 5.83. The van der Waals surface area contributed by atoms with Gasteiger partial charge in [0.1, 0.15) is 11.4 Å². The normalized spacial score (nSPS) is 17.5. The molecule has 120 valence electrons. The fourth-order valence-electron chi connectivity index (χ4n) is 2.91. The zero-order chi connectivity index (χ0) is 16.6. The zero-order valence-corrected chi connectivity index (χ0v) is 12.6. The van der Waals surface area contributed by atoms with Crippen LogP contribution < -0.4 is 11.2 Å². The van der Waals surface area contributed by atoms with Gasteiger partial charge in [0, 0.05) is 19.8 Å². The minimum atomic E-state index is -0.692. The predicted molar refractivity (Wildman–Crippen MR) is 81.7 cm³/mol. The fourth-order valence-corrected chi connectivity index (χ4v) is 2.91. The highest BCUT2D eigenvalue weighted by atomic mass is 19.1. The number of carbonyl (C=O) groups excluding carboxylic acids is 1. The molecule has 23 heavy (non-hydrogen) atoms. The monoisotopic (exact) mass is 317 g/mol. The number of hydrogen-bond donors (Lipinski definition) is 1. The van der Waals surface area contributed by atoms with Gasteiger partial charge in [0.2, 0.25) is 0 Å². The van der Waals surface area contributed by atoms with Crippen LogP contribution in [0.4, 0.5) is 4.39 Å². The van der Waals surface area contributed by atoms with Crippen molar-refractivity contribution in [2.75, 3.05) is 6.54 Å². The first-order valence-corrected chi connectivity index (χ1v) is 7.34. The third kappa shape index (κ3) is 2.81. The van der Waals surface area contributed by atoms with Crippen LogP contribution in [0.25, 0.3) is 0 Å². The van der Waals surface area contributed by atoms with Crippen LogP contribution in [0.3, 0.4) is 0 Å². The minimum Gasteiger partial charge on any atom is -0.331 e. The van der Waals surface area contributed by atoms with Crippen molar-refractivity contribution in [2.45, 2.75) is 18.9 Å². The van der Waals surface area contributed by atoms with E-state index in [1.54, 1.807) is 17.0 Å². The van der Waals surface area contributed by atoms with Gasteiger partial charge in [-0.3, -0.25) is 14.6 Å². The number of likely N-dealkylation sites (tertiary alicyclic amines) is 1. The van der Waals surface area contributed by atoms with Crippen LogP contribution in [0.15, 0.2) is 40.1 Å². The van der Waals surface area contributed by atoms with Gasteiger partial charge >= 0.3 is 5.69 Å². The van der Waals surface area contributed by atoms with Gasteiger partial charge < -0.3 is 9.47 Å². The average Bonchev–Trinajstić information content (AvgIpc) is 3.00. The van der Waals surface area contributed by atoms with Crippen molar-refractivity contribution in [1.29, 1.82) is 0 Å². The summed E-state index contributed by atoms with van der Waals surface area (Å²) in [6, 6.07) is 5.82. The number of aromatic amines is 1. The fraction of sp³-hybridized carbons (Fsp3) is 0.312. The smallest absolute Gasteiger partial charge is 0.328 e. The quantitative estimate of drug-likeness (QED) is 0.904. The van der Waals surface area contributed by atoms with E-state index < -0.39 is 17.2 Å². The van der Waals surface area contributed by atoms with Gasteiger partial charge in [-0.15, -0.1) is 0 Å². The van der Waals surface area contributed by atoms with Crippen molar-refractivity contribution >= 4 is 5.91 Å². The summed E-state index contributed by atoms with van der Waals surface area (Å²) in [6.07, 6.45) is 2.81. The van der Waals surface area contributed by atoms with E-state index in [1.807, 2.05) is 0 Å². The second-order valence-electron chi connectivity index (χ2n) is 5.62. The Hall–Kier alpha value is -2.70. The molecule has 1 amide bonds. The Bertz CT molecular complexity index is 854. The maximum absolute atomic E-state index is 13.1. The molecule has 0 saturated carbocycles. The Morgan fingerprint density at radius 1 is 1.26 bits per heavy atom. The highest BCUT2D eigenvalue weighted by Crippen LogP contribution is 2.32. The Morgan fingerprint density at radius 2 is 1.96 bits per heavy atom. The summed E-state index contributed by atoms with van der Waals surface area (Å²) in [5, 5.41) is 0. The summed E-state index contributed by atoms with van der Waals surface area (Å²) in [6.45, 7) is 0.517. The van der Waals surface area contributed by atoms with Gasteiger partial charge in [0.25, 0.3) is 11.5 Å². The number of benzene rings is 1. The lowest BCUT2D eigenvalue weighted by Gasteiger charge is -2.25. The molecule has 1 atom stereocenters. The molecule has 1 aromatic carbocycles. The number of amides is 1. The lowest BCUT2D eigenvalue weighted by molar-refractivity contribution is 0.0732. The molecule has 0 bridgehead atoms. The summed E-state index contributed by atoms with van der Waals surface area (Å²) in [4.78, 5) is 39.7. The van der Waals surface area contributed by atoms with Crippen LogP contribution in [0.1, 0.15) is 34.8 Å². The van der Waals surface area contributed by atoms with Gasteiger partial charge in [0.15, 0.2) is 0 Å². The van der Waals surface area contributed by atoms with Crippen LogP contribution in [-0.2, 0) is 7.05 Å². The molecular formula is C16H16FN3O3. The van der Waals surface area contributed by atoms with Crippen LogP contribution in [0.5, 0.6) is 0 Å². The molecule has 0 aliphatic carbocycles. The highest BCUT2D eigenvalue weighted by Gasteiger charge is 2.32. The number of nitrogens with one attached hydrogen (secondary N) is 1. The third-order valence-corrected chi connectivity index (χ3v) is 4.11. The van der Waals surface area contributed by atoms with E-state index in [0.717, 1.165) is 23.0 Å².